The molecule has 0 saturated heterocycles. The van der Waals surface area contributed by atoms with Crippen LogP contribution in [0.5, 0.6) is 0 Å². The summed E-state index contributed by atoms with van der Waals surface area (Å²) in [7, 11) is 1.40. The van der Waals surface area contributed by atoms with Gasteiger partial charge >= 0.3 is 6.18 Å². The molecule has 92 valence electrons. The van der Waals surface area contributed by atoms with Crippen LogP contribution in [0.4, 0.5) is 13.2 Å². The Labute approximate surface area is 96.3 Å². The molecule has 0 bridgehead atoms. The minimum Gasteiger partial charge on any atom is -0.385 e. The normalized spacial score (nSPS) is 23.6. The van der Waals surface area contributed by atoms with Gasteiger partial charge in [-0.25, -0.2) is 0 Å². The first-order valence-corrected chi connectivity index (χ1v) is 5.03. The summed E-state index contributed by atoms with van der Waals surface area (Å²) in [6.07, 6.45) is -2.80. The standard InChI is InChI=1S/C12H11F3O2/c1-17-10-5-3-7-2-4-8(12(13,14)15)6-9(7)11(10)16/h2-6,10-11,16H,1H3/t10-,11-/m0/s1. The highest BCUT2D eigenvalue weighted by atomic mass is 19.4. The Hall–Kier alpha value is -1.33. The maximum Gasteiger partial charge on any atom is 0.416 e. The number of ether oxygens (including phenoxy) is 1. The Balaban J connectivity index is 2.46. The van der Waals surface area contributed by atoms with Crippen molar-refractivity contribution in [3.05, 3.63) is 41.0 Å². The van der Waals surface area contributed by atoms with E-state index in [1.807, 2.05) is 0 Å². The Kier molecular flexibility index (Phi) is 2.97. The van der Waals surface area contributed by atoms with Crippen molar-refractivity contribution in [3.8, 4) is 0 Å². The largest absolute Gasteiger partial charge is 0.416 e. The Morgan fingerprint density at radius 2 is 2.00 bits per heavy atom. The van der Waals surface area contributed by atoms with Crippen molar-refractivity contribution < 1.29 is 23.0 Å². The maximum atomic E-state index is 12.5. The third-order valence-electron chi connectivity index (χ3n) is 2.78. The molecule has 0 aliphatic heterocycles. The quantitative estimate of drug-likeness (QED) is 0.823. The molecule has 1 aromatic rings. The van der Waals surface area contributed by atoms with E-state index in [1.165, 1.54) is 13.2 Å². The number of hydrogen-bond acceptors (Lipinski definition) is 2. The summed E-state index contributed by atoms with van der Waals surface area (Å²) in [5, 5.41) is 9.87. The summed E-state index contributed by atoms with van der Waals surface area (Å²) in [6.45, 7) is 0. The second-order valence-corrected chi connectivity index (χ2v) is 3.85. The highest BCUT2D eigenvalue weighted by Crippen LogP contribution is 2.35. The number of aliphatic hydroxyl groups excluding tert-OH is 1. The number of halogens is 3. The van der Waals surface area contributed by atoms with Gasteiger partial charge in [0, 0.05) is 7.11 Å². The van der Waals surface area contributed by atoms with Gasteiger partial charge in [-0.3, -0.25) is 0 Å². The molecule has 0 unspecified atom stereocenters. The smallest absolute Gasteiger partial charge is 0.385 e. The summed E-state index contributed by atoms with van der Waals surface area (Å²) in [5.74, 6) is 0. The van der Waals surface area contributed by atoms with Crippen molar-refractivity contribution in [2.45, 2.75) is 18.4 Å². The predicted molar refractivity (Wildman–Crippen MR) is 56.2 cm³/mol. The van der Waals surface area contributed by atoms with Gasteiger partial charge in [-0.2, -0.15) is 13.2 Å². The van der Waals surface area contributed by atoms with Gasteiger partial charge in [0.1, 0.15) is 12.2 Å². The van der Waals surface area contributed by atoms with Crippen molar-refractivity contribution in [2.24, 2.45) is 0 Å². The zero-order chi connectivity index (χ0) is 12.6. The molecule has 0 spiro atoms. The molecule has 0 radical (unpaired) electrons. The molecule has 2 rings (SSSR count). The maximum absolute atomic E-state index is 12.5. The van der Waals surface area contributed by atoms with E-state index in [-0.39, 0.29) is 5.56 Å². The highest BCUT2D eigenvalue weighted by molar-refractivity contribution is 5.59. The van der Waals surface area contributed by atoms with Crippen molar-refractivity contribution in [1.29, 1.82) is 0 Å². The first-order valence-electron chi connectivity index (χ1n) is 5.03. The van der Waals surface area contributed by atoms with E-state index in [4.69, 9.17) is 4.74 Å². The second kappa shape index (κ2) is 4.16. The zero-order valence-corrected chi connectivity index (χ0v) is 9.03. The topological polar surface area (TPSA) is 29.5 Å². The molecule has 0 amide bonds. The van der Waals surface area contributed by atoms with Crippen LogP contribution in [0.25, 0.3) is 6.08 Å². The monoisotopic (exact) mass is 244 g/mol. The number of rotatable bonds is 1. The lowest BCUT2D eigenvalue weighted by molar-refractivity contribution is -0.137. The molecule has 0 heterocycles. The van der Waals surface area contributed by atoms with E-state index in [0.29, 0.717) is 5.56 Å². The third kappa shape index (κ3) is 2.21. The van der Waals surface area contributed by atoms with Gasteiger partial charge in [-0.15, -0.1) is 0 Å². The van der Waals surface area contributed by atoms with Crippen LogP contribution >= 0.6 is 0 Å². The van der Waals surface area contributed by atoms with Gasteiger partial charge in [-0.05, 0) is 23.3 Å². The molecule has 0 aromatic heterocycles. The summed E-state index contributed by atoms with van der Waals surface area (Å²) in [5.41, 5.74) is 0.0634. The van der Waals surface area contributed by atoms with Crippen molar-refractivity contribution in [2.75, 3.05) is 7.11 Å². The van der Waals surface area contributed by atoms with E-state index in [1.54, 1.807) is 12.2 Å². The van der Waals surface area contributed by atoms with Gasteiger partial charge < -0.3 is 9.84 Å². The summed E-state index contributed by atoms with van der Waals surface area (Å²) < 4.78 is 42.6. The van der Waals surface area contributed by atoms with Crippen molar-refractivity contribution in [1.82, 2.24) is 0 Å². The zero-order valence-electron chi connectivity index (χ0n) is 9.03. The number of alkyl halides is 3. The first kappa shape index (κ1) is 12.1. The van der Waals surface area contributed by atoms with Crippen LogP contribution in [-0.2, 0) is 10.9 Å². The summed E-state index contributed by atoms with van der Waals surface area (Å²) >= 11 is 0. The average Bonchev–Trinajstić information content (AvgIpc) is 2.28. The summed E-state index contributed by atoms with van der Waals surface area (Å²) in [4.78, 5) is 0. The van der Waals surface area contributed by atoms with E-state index >= 15 is 0 Å². The van der Waals surface area contributed by atoms with E-state index in [2.05, 4.69) is 0 Å². The third-order valence-corrected chi connectivity index (χ3v) is 2.78. The molecule has 2 atom stereocenters. The highest BCUT2D eigenvalue weighted by Gasteiger charge is 2.33. The molecule has 17 heavy (non-hydrogen) atoms. The van der Waals surface area contributed by atoms with E-state index in [9.17, 15) is 18.3 Å². The Morgan fingerprint density at radius 3 is 2.59 bits per heavy atom. The lowest BCUT2D eigenvalue weighted by Gasteiger charge is -2.25. The Bertz CT molecular complexity index is 452. The van der Waals surface area contributed by atoms with Crippen LogP contribution in [0, 0.1) is 0 Å². The molecular formula is C12H11F3O2. The Morgan fingerprint density at radius 1 is 1.29 bits per heavy atom. The summed E-state index contributed by atoms with van der Waals surface area (Å²) in [6, 6.07) is 3.32. The lowest BCUT2D eigenvalue weighted by Crippen LogP contribution is -2.22. The van der Waals surface area contributed by atoms with Gasteiger partial charge in [0.2, 0.25) is 0 Å². The molecule has 1 aliphatic carbocycles. The lowest BCUT2D eigenvalue weighted by atomic mass is 9.91. The fraction of sp³-hybridized carbons (Fsp3) is 0.333. The molecule has 1 N–H and O–H groups in total. The van der Waals surface area contributed by atoms with Crippen molar-refractivity contribution >= 4 is 6.08 Å². The molecular weight excluding hydrogens is 233 g/mol. The van der Waals surface area contributed by atoms with Crippen LogP contribution < -0.4 is 0 Å². The van der Waals surface area contributed by atoms with Crippen molar-refractivity contribution in [3.63, 3.8) is 0 Å². The van der Waals surface area contributed by atoms with Crippen LogP contribution in [-0.4, -0.2) is 18.3 Å². The van der Waals surface area contributed by atoms with Gasteiger partial charge in [0.25, 0.3) is 0 Å². The van der Waals surface area contributed by atoms with Crippen LogP contribution in [0.3, 0.4) is 0 Å². The molecule has 2 nitrogen and oxygen atoms in total. The first-order chi connectivity index (χ1) is 7.93. The van der Waals surface area contributed by atoms with Gasteiger partial charge in [0.15, 0.2) is 0 Å². The molecule has 0 saturated carbocycles. The van der Waals surface area contributed by atoms with Crippen LogP contribution in [0.15, 0.2) is 24.3 Å². The predicted octanol–water partition coefficient (Wildman–Crippen LogP) is 2.78. The molecule has 5 heteroatoms. The van der Waals surface area contributed by atoms with Gasteiger partial charge in [0.05, 0.1) is 5.56 Å². The average molecular weight is 244 g/mol. The number of methoxy groups -OCH3 is 1. The molecule has 1 aromatic carbocycles. The van der Waals surface area contributed by atoms with Gasteiger partial charge in [-0.1, -0.05) is 18.2 Å². The molecule has 0 fully saturated rings. The van der Waals surface area contributed by atoms with Crippen LogP contribution in [0.2, 0.25) is 0 Å². The van der Waals surface area contributed by atoms with E-state index < -0.39 is 23.9 Å². The molecule has 1 aliphatic rings. The number of benzene rings is 1. The number of aliphatic hydroxyl groups is 1. The fourth-order valence-corrected chi connectivity index (χ4v) is 1.85. The minimum atomic E-state index is -4.40. The SMILES string of the molecule is CO[C@H]1C=Cc2ccc(C(F)(F)F)cc2[C@@H]1O. The number of fused-ring (bicyclic) bond motifs is 1. The fourth-order valence-electron chi connectivity index (χ4n) is 1.85. The number of hydrogen-bond donors (Lipinski definition) is 1. The minimum absolute atomic E-state index is 0.245. The second-order valence-electron chi connectivity index (χ2n) is 3.85. The van der Waals surface area contributed by atoms with Crippen LogP contribution in [0.1, 0.15) is 22.8 Å². The van der Waals surface area contributed by atoms with E-state index in [0.717, 1.165) is 12.1 Å².